The van der Waals surface area contributed by atoms with Gasteiger partial charge in [-0.15, -0.1) is 0 Å². The second-order valence-electron chi connectivity index (χ2n) is 6.88. The van der Waals surface area contributed by atoms with Crippen molar-refractivity contribution < 1.29 is 9.90 Å². The second-order valence-corrected chi connectivity index (χ2v) is 6.88. The van der Waals surface area contributed by atoms with Gasteiger partial charge in [-0.3, -0.25) is 4.79 Å². The van der Waals surface area contributed by atoms with E-state index in [0.717, 1.165) is 19.6 Å². The lowest BCUT2D eigenvalue weighted by atomic mass is 9.92. The molecular weight excluding hydrogens is 228 g/mol. The summed E-state index contributed by atoms with van der Waals surface area (Å²) in [6.45, 7) is 12.6. The summed E-state index contributed by atoms with van der Waals surface area (Å²) in [4.78, 5) is 12.9. The van der Waals surface area contributed by atoms with Gasteiger partial charge in [0.1, 0.15) is 0 Å². The van der Waals surface area contributed by atoms with Crippen LogP contribution in [0, 0.1) is 11.3 Å². The maximum atomic E-state index is 10.6. The molecule has 2 N–H and O–H groups in total. The van der Waals surface area contributed by atoms with Gasteiger partial charge in [0.15, 0.2) is 0 Å². The first kappa shape index (κ1) is 15.4. The third-order valence-electron chi connectivity index (χ3n) is 3.30. The highest BCUT2D eigenvalue weighted by molar-refractivity contribution is 5.66. The normalized spacial score (nSPS) is 26.2. The number of nitrogens with one attached hydrogen (secondary N) is 1. The van der Waals surface area contributed by atoms with Crippen LogP contribution in [0.25, 0.3) is 0 Å². The fourth-order valence-electron chi connectivity index (χ4n) is 2.50. The molecule has 1 fully saturated rings. The highest BCUT2D eigenvalue weighted by atomic mass is 16.4. The van der Waals surface area contributed by atoms with E-state index in [-0.39, 0.29) is 6.42 Å². The number of carbonyl (C=O) groups is 1. The molecule has 1 rings (SSSR count). The lowest BCUT2D eigenvalue weighted by Gasteiger charge is -2.37. The highest BCUT2D eigenvalue weighted by Crippen LogP contribution is 2.18. The van der Waals surface area contributed by atoms with Crippen molar-refractivity contribution in [1.82, 2.24) is 10.2 Å². The number of piperidine rings is 1. The number of likely N-dealkylation sites (tertiary alicyclic amines) is 1. The van der Waals surface area contributed by atoms with Crippen LogP contribution in [-0.2, 0) is 4.79 Å². The average molecular weight is 256 g/mol. The lowest BCUT2D eigenvalue weighted by Crippen LogP contribution is -2.50. The Morgan fingerprint density at radius 1 is 1.39 bits per heavy atom. The fourth-order valence-corrected chi connectivity index (χ4v) is 2.50. The van der Waals surface area contributed by atoms with E-state index in [9.17, 15) is 4.79 Å². The summed E-state index contributed by atoms with van der Waals surface area (Å²) in [6, 6.07) is 0.502. The molecule has 1 saturated heterocycles. The van der Waals surface area contributed by atoms with Crippen LogP contribution in [0.5, 0.6) is 0 Å². The predicted octanol–water partition coefficient (Wildman–Crippen LogP) is 1.81. The summed E-state index contributed by atoms with van der Waals surface area (Å²) < 4.78 is 0. The first-order valence-electron chi connectivity index (χ1n) is 6.94. The van der Waals surface area contributed by atoms with E-state index in [2.05, 4.69) is 37.9 Å². The molecule has 1 aliphatic rings. The van der Waals surface area contributed by atoms with E-state index in [4.69, 9.17) is 5.11 Å². The van der Waals surface area contributed by atoms with Crippen LogP contribution in [0.4, 0.5) is 0 Å². The minimum Gasteiger partial charge on any atom is -0.481 e. The van der Waals surface area contributed by atoms with Crippen LogP contribution in [0.2, 0.25) is 0 Å². The lowest BCUT2D eigenvalue weighted by molar-refractivity contribution is -0.137. The van der Waals surface area contributed by atoms with Gasteiger partial charge in [0.05, 0.1) is 6.42 Å². The zero-order chi connectivity index (χ0) is 13.8. The van der Waals surface area contributed by atoms with Crippen molar-refractivity contribution in [1.29, 1.82) is 0 Å². The van der Waals surface area contributed by atoms with Crippen LogP contribution < -0.4 is 5.32 Å². The number of rotatable bonds is 5. The van der Waals surface area contributed by atoms with Crippen LogP contribution in [0.15, 0.2) is 0 Å². The number of aliphatic carboxylic acids is 1. The Morgan fingerprint density at radius 2 is 2.06 bits per heavy atom. The molecule has 4 nitrogen and oxygen atoms in total. The van der Waals surface area contributed by atoms with Gasteiger partial charge in [-0.25, -0.2) is 0 Å². The maximum absolute atomic E-state index is 10.6. The molecule has 1 aliphatic heterocycles. The fraction of sp³-hybridized carbons (Fsp3) is 0.929. The molecule has 106 valence electrons. The van der Waals surface area contributed by atoms with E-state index in [1.807, 2.05) is 0 Å². The quantitative estimate of drug-likeness (QED) is 0.787. The predicted molar refractivity (Wildman–Crippen MR) is 73.7 cm³/mol. The van der Waals surface area contributed by atoms with Gasteiger partial charge in [-0.2, -0.15) is 0 Å². The molecule has 2 unspecified atom stereocenters. The van der Waals surface area contributed by atoms with Gasteiger partial charge in [-0.05, 0) is 17.8 Å². The van der Waals surface area contributed by atoms with Gasteiger partial charge in [-0.1, -0.05) is 27.7 Å². The molecule has 0 saturated carbocycles. The molecule has 0 aromatic rings. The minimum atomic E-state index is -0.701. The largest absolute Gasteiger partial charge is 0.481 e. The van der Waals surface area contributed by atoms with Crippen molar-refractivity contribution in [3.63, 3.8) is 0 Å². The molecule has 4 heteroatoms. The molecule has 0 amide bonds. The molecule has 0 spiro atoms. The monoisotopic (exact) mass is 256 g/mol. The standard InChI is InChI=1S/C14H28N2O2/c1-11-7-12(15-10-14(2,3)4)9-16(8-11)6-5-13(17)18/h11-12,15H,5-10H2,1-4H3,(H,17,18). The summed E-state index contributed by atoms with van der Waals surface area (Å²) in [7, 11) is 0. The number of hydrogen-bond acceptors (Lipinski definition) is 3. The molecule has 0 radical (unpaired) electrons. The third-order valence-corrected chi connectivity index (χ3v) is 3.30. The maximum Gasteiger partial charge on any atom is 0.304 e. The first-order chi connectivity index (χ1) is 8.26. The van der Waals surface area contributed by atoms with E-state index >= 15 is 0 Å². The molecule has 1 heterocycles. The van der Waals surface area contributed by atoms with E-state index in [0.29, 0.717) is 23.9 Å². The SMILES string of the molecule is CC1CC(NCC(C)(C)C)CN(CCC(=O)O)C1. The van der Waals surface area contributed by atoms with Crippen LogP contribution >= 0.6 is 0 Å². The molecule has 0 aliphatic carbocycles. The van der Waals surface area contributed by atoms with Gasteiger partial charge in [0.25, 0.3) is 0 Å². The Balaban J connectivity index is 2.38. The van der Waals surface area contributed by atoms with Crippen molar-refractivity contribution in [2.24, 2.45) is 11.3 Å². The number of carboxylic acids is 1. The van der Waals surface area contributed by atoms with Crippen molar-refractivity contribution in [3.8, 4) is 0 Å². The Hall–Kier alpha value is -0.610. The summed E-state index contributed by atoms with van der Waals surface area (Å²) in [5, 5.41) is 12.4. The molecular formula is C14H28N2O2. The zero-order valence-electron chi connectivity index (χ0n) is 12.2. The van der Waals surface area contributed by atoms with Crippen molar-refractivity contribution in [2.45, 2.75) is 46.6 Å². The Morgan fingerprint density at radius 3 is 2.61 bits per heavy atom. The van der Waals surface area contributed by atoms with Gasteiger partial charge in [0.2, 0.25) is 0 Å². The van der Waals surface area contributed by atoms with Crippen LogP contribution in [-0.4, -0.2) is 48.2 Å². The summed E-state index contributed by atoms with van der Waals surface area (Å²) >= 11 is 0. The Kier molecular flexibility index (Phi) is 5.60. The van der Waals surface area contributed by atoms with Crippen molar-refractivity contribution >= 4 is 5.97 Å². The van der Waals surface area contributed by atoms with Crippen molar-refractivity contribution in [3.05, 3.63) is 0 Å². The Bertz CT molecular complexity index is 273. The van der Waals surface area contributed by atoms with Crippen LogP contribution in [0.3, 0.4) is 0 Å². The smallest absolute Gasteiger partial charge is 0.304 e. The minimum absolute atomic E-state index is 0.249. The molecule has 2 atom stereocenters. The van der Waals surface area contributed by atoms with Gasteiger partial charge < -0.3 is 15.3 Å². The molecule has 0 aromatic carbocycles. The van der Waals surface area contributed by atoms with E-state index in [1.165, 1.54) is 6.42 Å². The number of carboxylic acid groups (broad SMARTS) is 1. The van der Waals surface area contributed by atoms with Gasteiger partial charge >= 0.3 is 5.97 Å². The van der Waals surface area contributed by atoms with E-state index in [1.54, 1.807) is 0 Å². The zero-order valence-corrected chi connectivity index (χ0v) is 12.2. The van der Waals surface area contributed by atoms with Gasteiger partial charge in [0, 0.05) is 32.2 Å². The third kappa shape index (κ3) is 6.36. The average Bonchev–Trinajstić information content (AvgIpc) is 2.22. The summed E-state index contributed by atoms with van der Waals surface area (Å²) in [5.41, 5.74) is 0.298. The second kappa shape index (κ2) is 6.53. The topological polar surface area (TPSA) is 52.6 Å². The summed E-state index contributed by atoms with van der Waals surface area (Å²) in [6.07, 6.45) is 1.44. The van der Waals surface area contributed by atoms with Crippen molar-refractivity contribution in [2.75, 3.05) is 26.2 Å². The Labute approximate surface area is 111 Å². The van der Waals surface area contributed by atoms with E-state index < -0.39 is 5.97 Å². The molecule has 18 heavy (non-hydrogen) atoms. The molecule has 0 bridgehead atoms. The number of nitrogens with zero attached hydrogens (tertiary/aromatic N) is 1. The highest BCUT2D eigenvalue weighted by Gasteiger charge is 2.25. The number of hydrogen-bond donors (Lipinski definition) is 2. The molecule has 0 aromatic heterocycles. The first-order valence-corrected chi connectivity index (χ1v) is 6.94. The van der Waals surface area contributed by atoms with Crippen LogP contribution in [0.1, 0.15) is 40.5 Å². The summed E-state index contributed by atoms with van der Waals surface area (Å²) in [5.74, 6) is -0.0579.